The maximum atomic E-state index is 6.68. The second kappa shape index (κ2) is 12.6. The molecule has 0 radical (unpaired) electrons. The molecule has 2 aliphatic rings. The molecule has 0 bridgehead atoms. The predicted molar refractivity (Wildman–Crippen MR) is 250 cm³/mol. The van der Waals surface area contributed by atoms with Crippen LogP contribution in [0.3, 0.4) is 0 Å². The van der Waals surface area contributed by atoms with Crippen molar-refractivity contribution in [1.82, 2.24) is 9.55 Å². The zero-order chi connectivity index (χ0) is 39.5. The van der Waals surface area contributed by atoms with E-state index in [4.69, 9.17) is 9.40 Å². The molecule has 2 aromatic heterocycles. The zero-order valence-electron chi connectivity index (χ0n) is 32.7. The number of oxazole rings is 1. The Hall–Kier alpha value is -7.83. The summed E-state index contributed by atoms with van der Waals surface area (Å²) in [5.41, 5.74) is 17.8. The van der Waals surface area contributed by atoms with Gasteiger partial charge in [0.05, 0.1) is 16.7 Å². The van der Waals surface area contributed by atoms with Crippen LogP contribution >= 0.6 is 0 Å². The molecule has 4 heterocycles. The van der Waals surface area contributed by atoms with Gasteiger partial charge in [-0.05, 0) is 113 Å². The number of hydrogen-bond donors (Lipinski definition) is 0. The third kappa shape index (κ3) is 4.73. The lowest BCUT2D eigenvalue weighted by atomic mass is 9.44. The normalized spacial score (nSPS) is 12.7. The number of aryl methyl sites for hydroxylation is 1. The summed E-state index contributed by atoms with van der Waals surface area (Å²) in [5, 5.41) is 4.82. The van der Waals surface area contributed by atoms with Crippen LogP contribution in [0.5, 0.6) is 0 Å². The molecule has 11 aromatic rings. The Labute approximate surface area is 347 Å². The summed E-state index contributed by atoms with van der Waals surface area (Å²) in [6.45, 7) is 1.99. The van der Waals surface area contributed by atoms with Crippen molar-refractivity contribution in [3.8, 4) is 28.3 Å². The van der Waals surface area contributed by atoms with Crippen molar-refractivity contribution in [2.75, 3.05) is 9.71 Å². The highest BCUT2D eigenvalue weighted by atomic mass is 16.3. The summed E-state index contributed by atoms with van der Waals surface area (Å²) in [4.78, 5) is 10.2. The van der Waals surface area contributed by atoms with Gasteiger partial charge in [-0.15, -0.1) is 0 Å². The van der Waals surface area contributed by atoms with Crippen molar-refractivity contribution < 1.29 is 4.42 Å². The molecule has 60 heavy (non-hydrogen) atoms. The molecule has 0 unspecified atom stereocenters. The van der Waals surface area contributed by atoms with Gasteiger partial charge in [0.1, 0.15) is 5.52 Å². The van der Waals surface area contributed by atoms with Crippen LogP contribution in [0.2, 0.25) is 0 Å². The van der Waals surface area contributed by atoms with Crippen LogP contribution in [0.25, 0.3) is 71.9 Å². The van der Waals surface area contributed by atoms with Gasteiger partial charge in [0.25, 0.3) is 0 Å². The SMILES string of the molecule is Cc1ccc(N2B3c4cc5nc(-c6ccccc6)oc5cc4-n4c5cc6ccccc6cc5c5c(N(c6ccccc6)c6ccccc6)cc(c3c54)-c3ccccc32)cc1. The monoisotopic (exact) mass is 766 g/mol. The Morgan fingerprint density at radius 1 is 0.583 bits per heavy atom. The lowest BCUT2D eigenvalue weighted by Gasteiger charge is -2.42. The van der Waals surface area contributed by atoms with Crippen molar-refractivity contribution >= 4 is 89.9 Å². The van der Waals surface area contributed by atoms with E-state index in [9.17, 15) is 0 Å². The molecule has 0 saturated carbocycles. The first-order valence-electron chi connectivity index (χ1n) is 20.6. The van der Waals surface area contributed by atoms with Crippen molar-refractivity contribution in [2.24, 2.45) is 0 Å². The highest BCUT2D eigenvalue weighted by Crippen LogP contribution is 2.51. The van der Waals surface area contributed by atoms with Crippen LogP contribution in [0, 0.1) is 6.92 Å². The van der Waals surface area contributed by atoms with Crippen LogP contribution in [0.15, 0.2) is 199 Å². The Kier molecular flexibility index (Phi) is 6.96. The average molecular weight is 767 g/mol. The molecule has 0 N–H and O–H groups in total. The highest BCUT2D eigenvalue weighted by Gasteiger charge is 2.45. The smallest absolute Gasteiger partial charge is 0.333 e. The van der Waals surface area contributed by atoms with Crippen molar-refractivity contribution in [2.45, 2.75) is 6.92 Å². The van der Waals surface area contributed by atoms with Crippen LogP contribution in [-0.2, 0) is 0 Å². The predicted octanol–water partition coefficient (Wildman–Crippen LogP) is 12.8. The summed E-state index contributed by atoms with van der Waals surface area (Å²) in [6.07, 6.45) is 0. The standard InChI is InChI=1S/C54H35BN4O/c1-34-25-27-40(28-26-34)59-46-24-14-13-23-41(46)42-31-49(57(38-19-7-3-8-20-38)39-21-9-4-10-22-39)51-43-29-36-17-11-12-18-37(36)30-47(43)58-48-33-50-45(32-44(48)55(59)52(42)53(51)58)56-54(60-50)35-15-5-2-6-16-35/h2-33H,1H3. The van der Waals surface area contributed by atoms with E-state index in [1.165, 1.54) is 60.4 Å². The number of fused-ring (bicyclic) bond motifs is 10. The number of aromatic nitrogens is 2. The van der Waals surface area contributed by atoms with Crippen molar-refractivity contribution in [1.29, 1.82) is 0 Å². The summed E-state index contributed by atoms with van der Waals surface area (Å²) >= 11 is 0. The summed E-state index contributed by atoms with van der Waals surface area (Å²) in [7, 11) is 0. The fraction of sp³-hybridized carbons (Fsp3) is 0.0185. The topological polar surface area (TPSA) is 37.4 Å². The molecule has 2 aliphatic heterocycles. The largest absolute Gasteiger partial charge is 0.436 e. The molecular formula is C54H35BN4O. The first kappa shape index (κ1) is 33.2. The number of anilines is 5. The Bertz CT molecular complexity index is 3470. The summed E-state index contributed by atoms with van der Waals surface area (Å²) < 4.78 is 9.21. The van der Waals surface area contributed by atoms with E-state index < -0.39 is 0 Å². The molecule has 0 atom stereocenters. The molecule has 0 spiro atoms. The molecule has 13 rings (SSSR count). The van der Waals surface area contributed by atoms with E-state index in [1.807, 2.05) is 18.2 Å². The second-order valence-corrected chi connectivity index (χ2v) is 16.0. The number of para-hydroxylation sites is 3. The van der Waals surface area contributed by atoms with Gasteiger partial charge in [0.2, 0.25) is 5.89 Å². The third-order valence-corrected chi connectivity index (χ3v) is 12.6. The highest BCUT2D eigenvalue weighted by molar-refractivity contribution is 6.94. The Morgan fingerprint density at radius 2 is 1.23 bits per heavy atom. The van der Waals surface area contributed by atoms with E-state index >= 15 is 0 Å². The van der Waals surface area contributed by atoms with E-state index in [0.29, 0.717) is 5.89 Å². The summed E-state index contributed by atoms with van der Waals surface area (Å²) in [6, 6.07) is 70.3. The minimum atomic E-state index is -0.168. The van der Waals surface area contributed by atoms with Crippen molar-refractivity contribution in [3.63, 3.8) is 0 Å². The lowest BCUT2D eigenvalue weighted by Crippen LogP contribution is -2.60. The van der Waals surface area contributed by atoms with Crippen molar-refractivity contribution in [3.05, 3.63) is 200 Å². The average Bonchev–Trinajstić information content (AvgIpc) is 3.88. The fourth-order valence-electron chi connectivity index (χ4n) is 9.97. The van der Waals surface area contributed by atoms with E-state index in [0.717, 1.165) is 50.6 Å². The lowest BCUT2D eigenvalue weighted by molar-refractivity contribution is 0.619. The number of benzene rings is 9. The molecule has 5 nitrogen and oxygen atoms in total. The second-order valence-electron chi connectivity index (χ2n) is 16.0. The molecule has 0 amide bonds. The Balaban J connectivity index is 1.24. The molecule has 6 heteroatoms. The molecule has 0 fully saturated rings. The zero-order valence-corrected chi connectivity index (χ0v) is 32.7. The van der Waals surface area contributed by atoms with Gasteiger partial charge in [0.15, 0.2) is 5.58 Å². The van der Waals surface area contributed by atoms with Gasteiger partial charge in [-0.25, -0.2) is 4.98 Å². The Morgan fingerprint density at radius 3 is 1.97 bits per heavy atom. The van der Waals surface area contributed by atoms with Gasteiger partial charge in [0, 0.05) is 56.4 Å². The van der Waals surface area contributed by atoms with E-state index in [2.05, 4.69) is 197 Å². The van der Waals surface area contributed by atoms with Gasteiger partial charge in [-0.1, -0.05) is 115 Å². The number of rotatable bonds is 5. The summed E-state index contributed by atoms with van der Waals surface area (Å²) in [5.74, 6) is 0.618. The number of hydrogen-bond acceptors (Lipinski definition) is 4. The molecule has 9 aromatic carbocycles. The maximum absolute atomic E-state index is 6.68. The molecule has 280 valence electrons. The van der Waals surface area contributed by atoms with E-state index in [-0.39, 0.29) is 6.85 Å². The van der Waals surface area contributed by atoms with Gasteiger partial charge in [-0.2, -0.15) is 0 Å². The van der Waals surface area contributed by atoms with Gasteiger partial charge < -0.3 is 18.7 Å². The van der Waals surface area contributed by atoms with Crippen LogP contribution in [-0.4, -0.2) is 16.4 Å². The molecule has 0 aliphatic carbocycles. The van der Waals surface area contributed by atoms with E-state index in [1.54, 1.807) is 0 Å². The quantitative estimate of drug-likeness (QED) is 0.164. The van der Waals surface area contributed by atoms with Crippen LogP contribution in [0.1, 0.15) is 5.56 Å². The van der Waals surface area contributed by atoms with Crippen LogP contribution < -0.4 is 20.6 Å². The maximum Gasteiger partial charge on any atom is 0.333 e. The third-order valence-electron chi connectivity index (χ3n) is 12.6. The fourth-order valence-corrected chi connectivity index (χ4v) is 9.97. The van der Waals surface area contributed by atoms with Gasteiger partial charge in [-0.3, -0.25) is 0 Å². The minimum absolute atomic E-state index is 0.168. The van der Waals surface area contributed by atoms with Gasteiger partial charge >= 0.3 is 6.85 Å². The molecular weight excluding hydrogens is 731 g/mol. The minimum Gasteiger partial charge on any atom is -0.436 e. The van der Waals surface area contributed by atoms with Crippen LogP contribution in [0.4, 0.5) is 28.4 Å². The molecule has 0 saturated heterocycles. The first-order chi connectivity index (χ1) is 29.7. The number of nitrogens with zero attached hydrogens (tertiary/aromatic N) is 4. The first-order valence-corrected chi connectivity index (χ1v) is 20.6.